The van der Waals surface area contributed by atoms with Gasteiger partial charge < -0.3 is 20.1 Å². The third kappa shape index (κ3) is 3.70. The van der Waals surface area contributed by atoms with Gasteiger partial charge in [0, 0.05) is 23.3 Å². The Kier molecular flexibility index (Phi) is 5.04. The van der Waals surface area contributed by atoms with Gasteiger partial charge in [-0.1, -0.05) is 20.8 Å². The van der Waals surface area contributed by atoms with E-state index in [1.807, 2.05) is 27.7 Å². The van der Waals surface area contributed by atoms with Crippen LogP contribution in [0.5, 0.6) is 23.0 Å². The van der Waals surface area contributed by atoms with E-state index >= 15 is 0 Å². The van der Waals surface area contributed by atoms with Crippen LogP contribution in [0.4, 0.5) is 0 Å². The fourth-order valence-electron chi connectivity index (χ4n) is 2.97. The summed E-state index contributed by atoms with van der Waals surface area (Å²) in [4.78, 5) is 0. The van der Waals surface area contributed by atoms with Crippen LogP contribution in [0.2, 0.25) is 0 Å². The maximum atomic E-state index is 10.1. The molecule has 0 radical (unpaired) electrons. The second-order valence-electron chi connectivity index (χ2n) is 6.07. The van der Waals surface area contributed by atoms with E-state index in [0.29, 0.717) is 5.75 Å². The van der Waals surface area contributed by atoms with Crippen LogP contribution in [0.25, 0.3) is 0 Å². The van der Waals surface area contributed by atoms with Crippen LogP contribution in [-0.2, 0) is 13.0 Å². The predicted molar refractivity (Wildman–Crippen MR) is 90.4 cm³/mol. The zero-order valence-electron chi connectivity index (χ0n) is 14.1. The number of hydrogen-bond acceptors (Lipinski definition) is 4. The molecular formula is C19H24O4. The third-order valence-corrected chi connectivity index (χ3v) is 3.96. The normalized spacial score (nSPS) is 11.0. The minimum atomic E-state index is 0.00769. The summed E-state index contributed by atoms with van der Waals surface area (Å²) in [6.07, 6.45) is 0.795. The van der Waals surface area contributed by atoms with Gasteiger partial charge in [0.2, 0.25) is 0 Å². The molecule has 0 aliphatic heterocycles. The van der Waals surface area contributed by atoms with Crippen LogP contribution >= 0.6 is 0 Å². The van der Waals surface area contributed by atoms with Crippen molar-refractivity contribution in [2.75, 3.05) is 0 Å². The lowest BCUT2D eigenvalue weighted by Gasteiger charge is -2.18. The van der Waals surface area contributed by atoms with Crippen molar-refractivity contribution in [3.05, 3.63) is 46.5 Å². The summed E-state index contributed by atoms with van der Waals surface area (Å²) in [5, 5.41) is 29.6. The molecule has 0 aliphatic rings. The molecule has 124 valence electrons. The van der Waals surface area contributed by atoms with Gasteiger partial charge in [-0.25, -0.2) is 0 Å². The van der Waals surface area contributed by atoms with Gasteiger partial charge in [0.25, 0.3) is 0 Å². The largest absolute Gasteiger partial charge is 0.508 e. The minimum Gasteiger partial charge on any atom is -0.508 e. The lowest BCUT2D eigenvalue weighted by molar-refractivity contribution is 0.297. The molecule has 0 fully saturated rings. The third-order valence-electron chi connectivity index (χ3n) is 3.96. The fraction of sp³-hybridized carbons (Fsp3) is 0.368. The molecule has 0 heterocycles. The Bertz CT molecular complexity index is 705. The van der Waals surface area contributed by atoms with Gasteiger partial charge in [-0.15, -0.1) is 0 Å². The zero-order chi connectivity index (χ0) is 17.1. The molecule has 0 spiro atoms. The van der Waals surface area contributed by atoms with Gasteiger partial charge in [0.15, 0.2) is 0 Å². The molecule has 0 aromatic heterocycles. The smallest absolute Gasteiger partial charge is 0.126 e. The molecule has 2 rings (SSSR count). The van der Waals surface area contributed by atoms with E-state index in [1.54, 1.807) is 18.2 Å². The number of phenolic OH excluding ortho intramolecular Hbond substituents is 3. The van der Waals surface area contributed by atoms with E-state index in [9.17, 15) is 15.3 Å². The van der Waals surface area contributed by atoms with Crippen LogP contribution in [0.1, 0.15) is 48.9 Å². The van der Waals surface area contributed by atoms with Gasteiger partial charge in [-0.05, 0) is 42.5 Å². The number of aryl methyl sites for hydroxylation is 1. The SMILES string of the molecule is CCc1c(C)cc(O)cc1OCc1cc(O)cc(O)c1C(C)C. The van der Waals surface area contributed by atoms with E-state index < -0.39 is 0 Å². The molecule has 4 heteroatoms. The Balaban J connectivity index is 2.35. The first kappa shape index (κ1) is 17.0. The Morgan fingerprint density at radius 2 is 1.65 bits per heavy atom. The second-order valence-corrected chi connectivity index (χ2v) is 6.07. The summed E-state index contributed by atoms with van der Waals surface area (Å²) in [5.41, 5.74) is 3.52. The van der Waals surface area contributed by atoms with Gasteiger partial charge in [0.1, 0.15) is 29.6 Å². The molecule has 0 unspecified atom stereocenters. The second kappa shape index (κ2) is 6.82. The van der Waals surface area contributed by atoms with Gasteiger partial charge in [0.05, 0.1) is 0 Å². The molecule has 0 aliphatic carbocycles. The number of aromatic hydroxyl groups is 3. The van der Waals surface area contributed by atoms with E-state index in [0.717, 1.165) is 28.7 Å². The molecule has 0 atom stereocenters. The molecule has 2 aromatic rings. The van der Waals surface area contributed by atoms with Crippen LogP contribution in [0.3, 0.4) is 0 Å². The van der Waals surface area contributed by atoms with Gasteiger partial charge >= 0.3 is 0 Å². The standard InChI is InChI=1S/C19H24O4/c1-5-16-12(4)6-14(20)9-18(16)23-10-13-7-15(21)8-17(22)19(13)11(2)3/h6-9,11,20-22H,5,10H2,1-4H3. The number of benzene rings is 2. The van der Waals surface area contributed by atoms with Crippen molar-refractivity contribution in [1.82, 2.24) is 0 Å². The van der Waals surface area contributed by atoms with Crippen LogP contribution in [0, 0.1) is 6.92 Å². The highest BCUT2D eigenvalue weighted by Crippen LogP contribution is 2.35. The van der Waals surface area contributed by atoms with Crippen LogP contribution < -0.4 is 4.74 Å². The van der Waals surface area contributed by atoms with Crippen molar-refractivity contribution >= 4 is 0 Å². The molecular weight excluding hydrogens is 292 g/mol. The van der Waals surface area contributed by atoms with E-state index in [-0.39, 0.29) is 29.8 Å². The van der Waals surface area contributed by atoms with Crippen LogP contribution in [0.15, 0.2) is 24.3 Å². The molecule has 4 nitrogen and oxygen atoms in total. The summed E-state index contributed by atoms with van der Waals surface area (Å²) < 4.78 is 5.89. The van der Waals surface area contributed by atoms with E-state index in [4.69, 9.17) is 4.74 Å². The number of rotatable bonds is 5. The summed E-state index contributed by atoms with van der Waals surface area (Å²) in [7, 11) is 0. The van der Waals surface area contributed by atoms with Crippen molar-refractivity contribution in [2.24, 2.45) is 0 Å². The highest BCUT2D eigenvalue weighted by molar-refractivity contribution is 5.48. The highest BCUT2D eigenvalue weighted by Gasteiger charge is 2.15. The molecule has 0 bridgehead atoms. The van der Waals surface area contributed by atoms with Crippen molar-refractivity contribution in [3.63, 3.8) is 0 Å². The van der Waals surface area contributed by atoms with E-state index in [2.05, 4.69) is 0 Å². The Hall–Kier alpha value is -2.36. The molecule has 3 N–H and O–H groups in total. The average molecular weight is 316 g/mol. The van der Waals surface area contributed by atoms with Crippen molar-refractivity contribution < 1.29 is 20.1 Å². The first-order valence-electron chi connectivity index (χ1n) is 7.83. The summed E-state index contributed by atoms with van der Waals surface area (Å²) in [6.45, 7) is 8.14. The maximum absolute atomic E-state index is 10.1. The molecule has 0 saturated carbocycles. The highest BCUT2D eigenvalue weighted by atomic mass is 16.5. The summed E-state index contributed by atoms with van der Waals surface area (Å²) >= 11 is 0. The zero-order valence-corrected chi connectivity index (χ0v) is 14.1. The Labute approximate surface area is 137 Å². The van der Waals surface area contributed by atoms with Crippen molar-refractivity contribution in [2.45, 2.75) is 46.6 Å². The maximum Gasteiger partial charge on any atom is 0.126 e. The van der Waals surface area contributed by atoms with E-state index in [1.165, 1.54) is 6.07 Å². The van der Waals surface area contributed by atoms with Crippen LogP contribution in [-0.4, -0.2) is 15.3 Å². The lowest BCUT2D eigenvalue weighted by atomic mass is 9.96. The average Bonchev–Trinajstić information content (AvgIpc) is 2.43. The minimum absolute atomic E-state index is 0.00769. The molecule has 2 aromatic carbocycles. The van der Waals surface area contributed by atoms with Gasteiger partial charge in [-0.2, -0.15) is 0 Å². The number of hydrogen-bond donors (Lipinski definition) is 3. The summed E-state index contributed by atoms with van der Waals surface area (Å²) in [5.74, 6) is 0.973. The molecule has 23 heavy (non-hydrogen) atoms. The Morgan fingerprint density at radius 1 is 1.00 bits per heavy atom. The van der Waals surface area contributed by atoms with Crippen molar-refractivity contribution in [3.8, 4) is 23.0 Å². The topological polar surface area (TPSA) is 69.9 Å². The lowest BCUT2D eigenvalue weighted by Crippen LogP contribution is -2.04. The predicted octanol–water partition coefficient (Wildman–Crippen LogP) is 4.38. The Morgan fingerprint density at radius 3 is 2.26 bits per heavy atom. The number of ether oxygens (including phenoxy) is 1. The number of phenols is 3. The first-order valence-corrected chi connectivity index (χ1v) is 7.83. The van der Waals surface area contributed by atoms with Crippen molar-refractivity contribution in [1.29, 1.82) is 0 Å². The first-order chi connectivity index (χ1) is 10.8. The molecule has 0 amide bonds. The molecule has 0 saturated heterocycles. The summed E-state index contributed by atoms with van der Waals surface area (Å²) in [6, 6.07) is 6.26. The quantitative estimate of drug-likeness (QED) is 0.766. The fourth-order valence-corrected chi connectivity index (χ4v) is 2.97. The monoisotopic (exact) mass is 316 g/mol. The van der Waals surface area contributed by atoms with Gasteiger partial charge in [-0.3, -0.25) is 0 Å².